The summed E-state index contributed by atoms with van der Waals surface area (Å²) in [4.78, 5) is 11.7. The van der Waals surface area contributed by atoms with Crippen molar-refractivity contribution in [3.63, 3.8) is 0 Å². The van der Waals surface area contributed by atoms with E-state index in [4.69, 9.17) is 0 Å². The standard InChI is InChI=1S/C15H28O/c1-5-7-8-9-11-14(10-6-2)12-15(16)13(3)4/h6,13-14H,2,5,7-12H2,1,3-4H3. The van der Waals surface area contributed by atoms with Gasteiger partial charge < -0.3 is 0 Å². The van der Waals surface area contributed by atoms with Gasteiger partial charge in [-0.05, 0) is 18.8 Å². The van der Waals surface area contributed by atoms with Gasteiger partial charge in [0.15, 0.2) is 0 Å². The lowest BCUT2D eigenvalue weighted by Crippen LogP contribution is -2.13. The van der Waals surface area contributed by atoms with Gasteiger partial charge in [0, 0.05) is 12.3 Å². The first-order valence-corrected chi connectivity index (χ1v) is 6.75. The average Bonchev–Trinajstić information content (AvgIpc) is 2.24. The van der Waals surface area contributed by atoms with E-state index in [0.717, 1.165) is 12.8 Å². The van der Waals surface area contributed by atoms with Crippen molar-refractivity contribution in [3.8, 4) is 0 Å². The Balaban J connectivity index is 3.87. The maximum Gasteiger partial charge on any atom is 0.135 e. The second kappa shape index (κ2) is 9.62. The minimum atomic E-state index is 0.183. The van der Waals surface area contributed by atoms with Crippen LogP contribution in [0.15, 0.2) is 12.7 Å². The van der Waals surface area contributed by atoms with Crippen LogP contribution in [0.2, 0.25) is 0 Å². The van der Waals surface area contributed by atoms with Crippen molar-refractivity contribution in [2.45, 2.75) is 65.7 Å². The number of allylic oxidation sites excluding steroid dienone is 1. The summed E-state index contributed by atoms with van der Waals surface area (Å²) in [5.74, 6) is 1.12. The summed E-state index contributed by atoms with van der Waals surface area (Å²) in [7, 11) is 0. The van der Waals surface area contributed by atoms with Gasteiger partial charge in [-0.25, -0.2) is 0 Å². The molecule has 0 fully saturated rings. The van der Waals surface area contributed by atoms with Crippen molar-refractivity contribution in [1.82, 2.24) is 0 Å². The maximum atomic E-state index is 11.7. The summed E-state index contributed by atoms with van der Waals surface area (Å²) < 4.78 is 0. The highest BCUT2D eigenvalue weighted by molar-refractivity contribution is 5.80. The molecule has 0 aromatic carbocycles. The molecule has 0 heterocycles. The van der Waals surface area contributed by atoms with E-state index >= 15 is 0 Å². The number of hydrogen-bond donors (Lipinski definition) is 0. The van der Waals surface area contributed by atoms with Crippen molar-refractivity contribution in [3.05, 3.63) is 12.7 Å². The van der Waals surface area contributed by atoms with Crippen LogP contribution in [0.4, 0.5) is 0 Å². The zero-order valence-electron chi connectivity index (χ0n) is 11.3. The van der Waals surface area contributed by atoms with E-state index in [-0.39, 0.29) is 5.92 Å². The molecule has 0 bridgehead atoms. The second-order valence-electron chi connectivity index (χ2n) is 5.06. The van der Waals surface area contributed by atoms with Gasteiger partial charge in [0.05, 0.1) is 0 Å². The molecule has 0 radical (unpaired) electrons. The molecule has 0 N–H and O–H groups in total. The summed E-state index contributed by atoms with van der Waals surface area (Å²) in [6, 6.07) is 0. The van der Waals surface area contributed by atoms with E-state index in [0.29, 0.717) is 11.7 Å². The Kier molecular flexibility index (Phi) is 9.27. The Morgan fingerprint density at radius 3 is 2.44 bits per heavy atom. The van der Waals surface area contributed by atoms with Crippen molar-refractivity contribution in [1.29, 1.82) is 0 Å². The van der Waals surface area contributed by atoms with Gasteiger partial charge in [0.25, 0.3) is 0 Å². The van der Waals surface area contributed by atoms with Gasteiger partial charge >= 0.3 is 0 Å². The molecule has 1 unspecified atom stereocenters. The van der Waals surface area contributed by atoms with Gasteiger partial charge in [-0.2, -0.15) is 0 Å². The minimum Gasteiger partial charge on any atom is -0.299 e. The second-order valence-corrected chi connectivity index (χ2v) is 5.06. The van der Waals surface area contributed by atoms with Gasteiger partial charge in [-0.15, -0.1) is 6.58 Å². The highest BCUT2D eigenvalue weighted by Gasteiger charge is 2.14. The van der Waals surface area contributed by atoms with Gasteiger partial charge in [-0.1, -0.05) is 52.5 Å². The Morgan fingerprint density at radius 2 is 1.94 bits per heavy atom. The molecule has 0 aromatic rings. The molecule has 0 aromatic heterocycles. The van der Waals surface area contributed by atoms with Gasteiger partial charge in [0.1, 0.15) is 5.78 Å². The number of carbonyl (C=O) groups excluding carboxylic acids is 1. The number of ketones is 1. The largest absolute Gasteiger partial charge is 0.299 e. The van der Waals surface area contributed by atoms with Crippen molar-refractivity contribution < 1.29 is 4.79 Å². The summed E-state index contributed by atoms with van der Waals surface area (Å²) in [6.07, 6.45) is 10.0. The Morgan fingerprint density at radius 1 is 1.25 bits per heavy atom. The van der Waals surface area contributed by atoms with Crippen LogP contribution >= 0.6 is 0 Å². The number of unbranched alkanes of at least 4 members (excludes halogenated alkanes) is 3. The van der Waals surface area contributed by atoms with E-state index in [1.807, 2.05) is 19.9 Å². The van der Waals surface area contributed by atoms with E-state index in [2.05, 4.69) is 13.5 Å². The van der Waals surface area contributed by atoms with E-state index in [9.17, 15) is 4.79 Å². The first kappa shape index (κ1) is 15.4. The highest BCUT2D eigenvalue weighted by Crippen LogP contribution is 2.20. The zero-order chi connectivity index (χ0) is 12.4. The van der Waals surface area contributed by atoms with E-state index in [1.165, 1.54) is 32.1 Å². The van der Waals surface area contributed by atoms with Crippen LogP contribution in [-0.2, 0) is 4.79 Å². The molecule has 0 aliphatic carbocycles. The predicted octanol–water partition coefficient (Wildman–Crippen LogP) is 4.76. The normalized spacial score (nSPS) is 12.8. The van der Waals surface area contributed by atoms with Crippen LogP contribution in [0.1, 0.15) is 65.7 Å². The third-order valence-electron chi connectivity index (χ3n) is 3.10. The third kappa shape index (κ3) is 7.67. The van der Waals surface area contributed by atoms with E-state index < -0.39 is 0 Å². The summed E-state index contributed by atoms with van der Waals surface area (Å²) in [5.41, 5.74) is 0. The van der Waals surface area contributed by atoms with Crippen LogP contribution in [0.3, 0.4) is 0 Å². The molecule has 0 saturated heterocycles. The first-order valence-electron chi connectivity index (χ1n) is 6.75. The summed E-state index contributed by atoms with van der Waals surface area (Å²) >= 11 is 0. The molecule has 0 amide bonds. The van der Waals surface area contributed by atoms with Gasteiger partial charge in [0.2, 0.25) is 0 Å². The Labute approximate surface area is 101 Å². The fourth-order valence-corrected chi connectivity index (χ4v) is 1.92. The molecule has 0 aliphatic rings. The van der Waals surface area contributed by atoms with Crippen molar-refractivity contribution >= 4 is 5.78 Å². The summed E-state index contributed by atoms with van der Waals surface area (Å²) in [5, 5.41) is 0. The molecule has 1 nitrogen and oxygen atoms in total. The molecule has 1 heteroatoms. The molecule has 94 valence electrons. The highest BCUT2D eigenvalue weighted by atomic mass is 16.1. The summed E-state index contributed by atoms with van der Waals surface area (Å²) in [6.45, 7) is 9.99. The fourth-order valence-electron chi connectivity index (χ4n) is 1.92. The minimum absolute atomic E-state index is 0.183. The number of rotatable bonds is 10. The molecular formula is C15H28O. The maximum absolute atomic E-state index is 11.7. The van der Waals surface area contributed by atoms with Crippen molar-refractivity contribution in [2.24, 2.45) is 11.8 Å². The van der Waals surface area contributed by atoms with Crippen molar-refractivity contribution in [2.75, 3.05) is 0 Å². The lowest BCUT2D eigenvalue weighted by Gasteiger charge is -2.15. The third-order valence-corrected chi connectivity index (χ3v) is 3.10. The Hall–Kier alpha value is -0.590. The number of hydrogen-bond acceptors (Lipinski definition) is 1. The number of carbonyl (C=O) groups is 1. The van der Waals surface area contributed by atoms with Crippen LogP contribution in [-0.4, -0.2) is 5.78 Å². The molecule has 1 atom stereocenters. The molecule has 0 rings (SSSR count). The van der Waals surface area contributed by atoms with E-state index in [1.54, 1.807) is 0 Å². The average molecular weight is 224 g/mol. The molecule has 0 spiro atoms. The molecule has 0 saturated carbocycles. The monoisotopic (exact) mass is 224 g/mol. The smallest absolute Gasteiger partial charge is 0.135 e. The van der Waals surface area contributed by atoms with Crippen LogP contribution in [0, 0.1) is 11.8 Å². The quantitative estimate of drug-likeness (QED) is 0.386. The fraction of sp³-hybridized carbons (Fsp3) is 0.800. The molecule has 0 aliphatic heterocycles. The number of Topliss-reactive ketones (excluding diaryl/α,β-unsaturated/α-hetero) is 1. The Bertz CT molecular complexity index is 194. The molecular weight excluding hydrogens is 196 g/mol. The van der Waals surface area contributed by atoms with Crippen LogP contribution < -0.4 is 0 Å². The SMILES string of the molecule is C=CCC(CCCCCC)CC(=O)C(C)C. The van der Waals surface area contributed by atoms with Crippen LogP contribution in [0.25, 0.3) is 0 Å². The predicted molar refractivity (Wildman–Crippen MR) is 71.5 cm³/mol. The topological polar surface area (TPSA) is 17.1 Å². The van der Waals surface area contributed by atoms with Crippen LogP contribution in [0.5, 0.6) is 0 Å². The first-order chi connectivity index (χ1) is 7.61. The zero-order valence-corrected chi connectivity index (χ0v) is 11.3. The lowest BCUT2D eigenvalue weighted by molar-refractivity contribution is -0.122. The molecule has 16 heavy (non-hydrogen) atoms. The van der Waals surface area contributed by atoms with Gasteiger partial charge in [-0.3, -0.25) is 4.79 Å². The lowest BCUT2D eigenvalue weighted by atomic mass is 9.89.